The number of sulfonamides is 2. The van der Waals surface area contributed by atoms with Crippen LogP contribution in [0.25, 0.3) is 0 Å². The van der Waals surface area contributed by atoms with Gasteiger partial charge >= 0.3 is 0 Å². The van der Waals surface area contributed by atoms with Gasteiger partial charge in [-0.15, -0.1) is 0 Å². The second-order valence-electron chi connectivity index (χ2n) is 7.38. The Morgan fingerprint density at radius 2 is 1.58 bits per heavy atom. The van der Waals surface area contributed by atoms with Crippen LogP contribution >= 0.6 is 0 Å². The van der Waals surface area contributed by atoms with E-state index in [1.165, 1.54) is 28.6 Å². The van der Waals surface area contributed by atoms with Crippen LogP contribution in [0, 0.1) is 12.7 Å². The van der Waals surface area contributed by atoms with Gasteiger partial charge in [0.05, 0.1) is 11.4 Å². The smallest absolute Gasteiger partial charge is 0.246 e. The summed E-state index contributed by atoms with van der Waals surface area (Å²) in [5, 5.41) is 2.60. The third-order valence-electron chi connectivity index (χ3n) is 5.07. The van der Waals surface area contributed by atoms with Crippen molar-refractivity contribution < 1.29 is 26.0 Å². The zero-order valence-electron chi connectivity index (χ0n) is 19.2. The Morgan fingerprint density at radius 1 is 0.939 bits per heavy atom. The summed E-state index contributed by atoms with van der Waals surface area (Å²) in [5.41, 5.74) is 0.869. The Hall–Kier alpha value is -2.34. The van der Waals surface area contributed by atoms with Crippen molar-refractivity contribution in [1.82, 2.24) is 8.61 Å². The van der Waals surface area contributed by atoms with Crippen molar-refractivity contribution in [2.45, 2.75) is 43.9 Å². The van der Waals surface area contributed by atoms with Crippen molar-refractivity contribution in [2.24, 2.45) is 0 Å². The summed E-state index contributed by atoms with van der Waals surface area (Å²) in [7, 11) is -7.98. The van der Waals surface area contributed by atoms with Crippen LogP contribution in [0.4, 0.5) is 10.1 Å². The summed E-state index contributed by atoms with van der Waals surface area (Å²) in [6, 6.07) is 9.38. The Bertz CT molecular complexity index is 1200. The monoisotopic (exact) mass is 499 g/mol. The molecule has 182 valence electrons. The van der Waals surface area contributed by atoms with Crippen LogP contribution in [0.3, 0.4) is 0 Å². The number of carbonyl (C=O) groups is 1. The van der Waals surface area contributed by atoms with Gasteiger partial charge in [0.1, 0.15) is 10.7 Å². The predicted molar refractivity (Wildman–Crippen MR) is 125 cm³/mol. The summed E-state index contributed by atoms with van der Waals surface area (Å²) in [4.78, 5) is 12.3. The SMILES string of the molecule is CCCN(CC(=O)Nc1cc(S(=O)(=O)N(CC)CC)ccc1C)S(=O)(=O)c1ccccc1F. The third kappa shape index (κ3) is 6.17. The lowest BCUT2D eigenvalue weighted by Gasteiger charge is -2.22. The second kappa shape index (κ2) is 11.2. The van der Waals surface area contributed by atoms with Crippen LogP contribution in [0.1, 0.15) is 32.8 Å². The molecule has 0 bridgehead atoms. The molecule has 0 heterocycles. The number of amides is 1. The fraction of sp³-hybridized carbons (Fsp3) is 0.409. The van der Waals surface area contributed by atoms with Gasteiger partial charge in [0.15, 0.2) is 0 Å². The van der Waals surface area contributed by atoms with Crippen molar-refractivity contribution in [3.63, 3.8) is 0 Å². The molecule has 0 unspecified atom stereocenters. The van der Waals surface area contributed by atoms with E-state index >= 15 is 0 Å². The van der Waals surface area contributed by atoms with Crippen molar-refractivity contribution in [3.05, 3.63) is 53.8 Å². The first-order valence-electron chi connectivity index (χ1n) is 10.6. The Balaban J connectivity index is 2.31. The summed E-state index contributed by atoms with van der Waals surface area (Å²) in [6.07, 6.45) is 0.414. The molecule has 0 aliphatic heterocycles. The second-order valence-corrected chi connectivity index (χ2v) is 11.2. The van der Waals surface area contributed by atoms with Crippen molar-refractivity contribution in [2.75, 3.05) is 31.5 Å². The van der Waals surface area contributed by atoms with Crippen LogP contribution in [-0.2, 0) is 24.8 Å². The average molecular weight is 500 g/mol. The van der Waals surface area contributed by atoms with E-state index in [4.69, 9.17) is 0 Å². The van der Waals surface area contributed by atoms with E-state index in [2.05, 4.69) is 5.32 Å². The molecule has 0 atom stereocenters. The van der Waals surface area contributed by atoms with E-state index in [1.54, 1.807) is 33.8 Å². The zero-order chi connectivity index (χ0) is 24.8. The molecule has 0 aromatic heterocycles. The van der Waals surface area contributed by atoms with Gasteiger partial charge in [0, 0.05) is 25.3 Å². The molecule has 11 heteroatoms. The Morgan fingerprint density at radius 3 is 2.15 bits per heavy atom. The molecule has 0 fully saturated rings. The molecule has 0 radical (unpaired) electrons. The number of rotatable bonds is 11. The number of aryl methyl sites for hydroxylation is 1. The molecule has 8 nitrogen and oxygen atoms in total. The minimum Gasteiger partial charge on any atom is -0.325 e. The lowest BCUT2D eigenvalue weighted by atomic mass is 10.2. The number of nitrogens with zero attached hydrogens (tertiary/aromatic N) is 2. The van der Waals surface area contributed by atoms with Gasteiger partial charge in [-0.05, 0) is 43.2 Å². The molecule has 0 saturated carbocycles. The van der Waals surface area contributed by atoms with Gasteiger partial charge in [0.2, 0.25) is 26.0 Å². The van der Waals surface area contributed by atoms with Crippen LogP contribution in [-0.4, -0.2) is 57.5 Å². The quantitative estimate of drug-likeness (QED) is 0.511. The standard InChI is InChI=1S/C22H30FN3O5S2/c1-5-14-26(33(30,31)21-11-9-8-10-19(21)23)16-22(27)24-20-15-18(13-12-17(20)4)32(28,29)25(6-2)7-3/h8-13,15H,5-7,14,16H2,1-4H3,(H,24,27). The van der Waals surface area contributed by atoms with Crippen LogP contribution in [0.5, 0.6) is 0 Å². The van der Waals surface area contributed by atoms with Gasteiger partial charge in [0.25, 0.3) is 0 Å². The van der Waals surface area contributed by atoms with Gasteiger partial charge < -0.3 is 5.32 Å². The highest BCUT2D eigenvalue weighted by molar-refractivity contribution is 7.89. The number of anilines is 1. The lowest BCUT2D eigenvalue weighted by Crippen LogP contribution is -2.39. The summed E-state index contributed by atoms with van der Waals surface area (Å²) in [5.74, 6) is -1.56. The van der Waals surface area contributed by atoms with Crippen LogP contribution in [0.2, 0.25) is 0 Å². The maximum absolute atomic E-state index is 14.1. The largest absolute Gasteiger partial charge is 0.325 e. The number of carbonyl (C=O) groups excluding carboxylic acids is 1. The van der Waals surface area contributed by atoms with E-state index in [1.807, 2.05) is 0 Å². The first-order valence-corrected chi connectivity index (χ1v) is 13.5. The predicted octanol–water partition coefficient (Wildman–Crippen LogP) is 3.20. The molecule has 33 heavy (non-hydrogen) atoms. The maximum Gasteiger partial charge on any atom is 0.246 e. The van der Waals surface area contributed by atoms with E-state index < -0.39 is 43.2 Å². The van der Waals surface area contributed by atoms with Gasteiger partial charge in [-0.1, -0.05) is 39.0 Å². The number of nitrogens with one attached hydrogen (secondary N) is 1. The highest BCUT2D eigenvalue weighted by atomic mass is 32.2. The first-order chi connectivity index (χ1) is 15.5. The van der Waals surface area contributed by atoms with Gasteiger partial charge in [-0.25, -0.2) is 21.2 Å². The average Bonchev–Trinajstić information content (AvgIpc) is 2.75. The van der Waals surface area contributed by atoms with E-state index in [9.17, 15) is 26.0 Å². The zero-order valence-corrected chi connectivity index (χ0v) is 20.8. The lowest BCUT2D eigenvalue weighted by molar-refractivity contribution is -0.116. The molecule has 0 aliphatic carbocycles. The van der Waals surface area contributed by atoms with Crippen LogP contribution in [0.15, 0.2) is 52.3 Å². The highest BCUT2D eigenvalue weighted by Gasteiger charge is 2.29. The molecular formula is C22H30FN3O5S2. The van der Waals surface area contributed by atoms with Crippen LogP contribution < -0.4 is 5.32 Å². The van der Waals surface area contributed by atoms with Gasteiger partial charge in [-0.3, -0.25) is 4.79 Å². The minimum absolute atomic E-state index is 0.0133. The van der Waals surface area contributed by atoms with Crippen molar-refractivity contribution >= 4 is 31.6 Å². The molecule has 2 rings (SSSR count). The number of benzene rings is 2. The number of hydrogen-bond acceptors (Lipinski definition) is 5. The van der Waals surface area contributed by atoms with Gasteiger partial charge in [-0.2, -0.15) is 8.61 Å². The fourth-order valence-corrected chi connectivity index (χ4v) is 6.32. The first kappa shape index (κ1) is 26.9. The normalized spacial score (nSPS) is 12.3. The molecule has 2 aromatic rings. The van der Waals surface area contributed by atoms with E-state index in [0.717, 1.165) is 16.4 Å². The molecule has 0 saturated heterocycles. The third-order valence-corrected chi connectivity index (χ3v) is 9.00. The Kier molecular flexibility index (Phi) is 9.12. The topological polar surface area (TPSA) is 104 Å². The fourth-order valence-electron chi connectivity index (χ4n) is 3.29. The molecule has 0 aliphatic rings. The summed E-state index contributed by atoms with van der Waals surface area (Å²) in [6.45, 7) is 6.97. The minimum atomic E-state index is -4.25. The molecular weight excluding hydrogens is 469 g/mol. The molecule has 1 amide bonds. The number of halogens is 1. The highest BCUT2D eigenvalue weighted by Crippen LogP contribution is 2.24. The maximum atomic E-state index is 14.1. The van der Waals surface area contributed by atoms with Crippen molar-refractivity contribution in [1.29, 1.82) is 0 Å². The summed E-state index contributed by atoms with van der Waals surface area (Å²) >= 11 is 0. The van der Waals surface area contributed by atoms with E-state index in [0.29, 0.717) is 25.1 Å². The Labute approximate surface area is 195 Å². The molecule has 1 N–H and O–H groups in total. The molecule has 0 spiro atoms. The molecule has 2 aromatic carbocycles. The summed E-state index contributed by atoms with van der Waals surface area (Å²) < 4.78 is 67.9. The number of hydrogen-bond donors (Lipinski definition) is 1. The van der Waals surface area contributed by atoms with Crippen molar-refractivity contribution in [3.8, 4) is 0 Å². The van der Waals surface area contributed by atoms with E-state index in [-0.39, 0.29) is 17.1 Å².